The Kier molecular flexibility index (Phi) is 4.97. The zero-order valence-electron chi connectivity index (χ0n) is 16.6. The first-order valence-electron chi connectivity index (χ1n) is 10.4. The minimum absolute atomic E-state index is 0.180. The van der Waals surface area contributed by atoms with Crippen LogP contribution in [0.4, 0.5) is 0 Å². The number of nitrogens with zero attached hydrogens (tertiary/aromatic N) is 3. The summed E-state index contributed by atoms with van der Waals surface area (Å²) in [6.45, 7) is 5.45. The highest BCUT2D eigenvalue weighted by molar-refractivity contribution is 6.37. The van der Waals surface area contributed by atoms with Crippen molar-refractivity contribution in [1.29, 1.82) is 0 Å². The number of piperidine rings is 1. The number of para-hydroxylation sites is 1. The third kappa shape index (κ3) is 3.31. The van der Waals surface area contributed by atoms with Gasteiger partial charge >= 0.3 is 0 Å². The summed E-state index contributed by atoms with van der Waals surface area (Å²) in [4.78, 5) is 2.53. The lowest BCUT2D eigenvalue weighted by molar-refractivity contribution is -0.149. The Morgan fingerprint density at radius 1 is 1.14 bits per heavy atom. The van der Waals surface area contributed by atoms with Gasteiger partial charge in [0, 0.05) is 48.5 Å². The molecule has 0 amide bonds. The molecule has 29 heavy (non-hydrogen) atoms. The van der Waals surface area contributed by atoms with Gasteiger partial charge in [-0.25, -0.2) is 5.01 Å². The number of hydrogen-bond donors (Lipinski definition) is 0. The molecule has 0 N–H and O–H groups in total. The number of hydrazone groups is 1. The molecule has 152 valence electrons. The molecule has 0 aliphatic carbocycles. The fourth-order valence-electron chi connectivity index (χ4n) is 4.89. The van der Waals surface area contributed by atoms with Crippen LogP contribution in [-0.2, 0) is 0 Å². The zero-order valence-corrected chi connectivity index (χ0v) is 18.1. The van der Waals surface area contributed by atoms with Gasteiger partial charge in [-0.3, -0.25) is 0 Å². The van der Waals surface area contributed by atoms with Gasteiger partial charge in [0.1, 0.15) is 5.75 Å². The van der Waals surface area contributed by atoms with E-state index in [2.05, 4.69) is 41.1 Å². The molecular weight excluding hydrogens is 405 g/mol. The van der Waals surface area contributed by atoms with Gasteiger partial charge in [0.2, 0.25) is 5.72 Å². The maximum absolute atomic E-state index is 6.67. The van der Waals surface area contributed by atoms with E-state index < -0.39 is 0 Å². The van der Waals surface area contributed by atoms with Crippen LogP contribution in [0.2, 0.25) is 10.0 Å². The molecule has 6 heteroatoms. The minimum Gasteiger partial charge on any atom is -0.466 e. The Hall–Kier alpha value is -1.75. The number of fused-ring (bicyclic) bond motifs is 4. The molecule has 0 unspecified atom stereocenters. The van der Waals surface area contributed by atoms with Crippen molar-refractivity contribution in [2.24, 2.45) is 5.10 Å². The van der Waals surface area contributed by atoms with Crippen LogP contribution in [-0.4, -0.2) is 41.0 Å². The first-order chi connectivity index (χ1) is 14.1. The number of rotatable bonds is 3. The van der Waals surface area contributed by atoms with E-state index in [-0.39, 0.29) is 11.8 Å². The lowest BCUT2D eigenvalue weighted by Gasteiger charge is -2.51. The molecule has 1 saturated heterocycles. The van der Waals surface area contributed by atoms with Crippen molar-refractivity contribution >= 4 is 28.9 Å². The summed E-state index contributed by atoms with van der Waals surface area (Å²) in [5.74, 6) is 0.997. The Labute approximate surface area is 182 Å². The summed E-state index contributed by atoms with van der Waals surface area (Å²) in [5, 5.41) is 8.62. The van der Waals surface area contributed by atoms with Crippen molar-refractivity contribution in [3.05, 3.63) is 63.6 Å². The summed E-state index contributed by atoms with van der Waals surface area (Å²) in [6, 6.07) is 14.2. The van der Waals surface area contributed by atoms with Crippen LogP contribution in [0.3, 0.4) is 0 Å². The predicted molar refractivity (Wildman–Crippen MR) is 118 cm³/mol. The Bertz CT molecular complexity index is 953. The molecular formula is C23H25Cl2N3O. The maximum atomic E-state index is 6.67. The van der Waals surface area contributed by atoms with Crippen LogP contribution < -0.4 is 4.74 Å². The molecule has 1 spiro atoms. The molecule has 4 nitrogen and oxygen atoms in total. The van der Waals surface area contributed by atoms with E-state index in [1.165, 1.54) is 12.0 Å². The number of likely N-dealkylation sites (tertiary alicyclic amines) is 1. The van der Waals surface area contributed by atoms with Gasteiger partial charge in [-0.15, -0.1) is 0 Å². The van der Waals surface area contributed by atoms with Crippen molar-refractivity contribution in [3.8, 4) is 5.75 Å². The van der Waals surface area contributed by atoms with E-state index in [0.29, 0.717) is 10.0 Å². The average molecular weight is 430 g/mol. The number of halogens is 2. The summed E-state index contributed by atoms with van der Waals surface area (Å²) < 4.78 is 6.67. The van der Waals surface area contributed by atoms with Crippen LogP contribution in [0.15, 0.2) is 47.6 Å². The normalized spacial score (nSPS) is 22.8. The fraction of sp³-hybridized carbons (Fsp3) is 0.435. The molecule has 2 aromatic rings. The number of benzene rings is 2. The van der Waals surface area contributed by atoms with Crippen molar-refractivity contribution in [3.63, 3.8) is 0 Å². The third-order valence-corrected chi connectivity index (χ3v) is 6.87. The van der Waals surface area contributed by atoms with E-state index in [0.717, 1.165) is 55.9 Å². The van der Waals surface area contributed by atoms with E-state index >= 15 is 0 Å². The van der Waals surface area contributed by atoms with Crippen LogP contribution in [0.5, 0.6) is 5.75 Å². The zero-order chi connectivity index (χ0) is 20.0. The SMILES string of the molecule is CCCN1CCC2(CC1)Oc1ccccc1[C@@H]1CC(c3ccc(Cl)cc3Cl)=NN12. The van der Waals surface area contributed by atoms with Crippen molar-refractivity contribution < 1.29 is 4.74 Å². The quantitative estimate of drug-likeness (QED) is 0.622. The second-order valence-corrected chi connectivity index (χ2v) is 9.01. The molecule has 1 atom stereocenters. The number of ether oxygens (including phenoxy) is 1. The van der Waals surface area contributed by atoms with Gasteiger partial charge in [0.05, 0.1) is 16.8 Å². The lowest BCUT2D eigenvalue weighted by atomic mass is 9.90. The predicted octanol–water partition coefficient (Wildman–Crippen LogP) is 5.74. The highest BCUT2D eigenvalue weighted by Gasteiger charge is 2.51. The molecule has 3 aliphatic heterocycles. The second kappa shape index (κ2) is 7.50. The lowest BCUT2D eigenvalue weighted by Crippen LogP contribution is -2.59. The first-order valence-corrected chi connectivity index (χ1v) is 11.2. The molecule has 0 radical (unpaired) electrons. The van der Waals surface area contributed by atoms with Gasteiger partial charge in [0.15, 0.2) is 0 Å². The Balaban J connectivity index is 1.53. The van der Waals surface area contributed by atoms with Crippen LogP contribution in [0.1, 0.15) is 49.8 Å². The Morgan fingerprint density at radius 3 is 2.69 bits per heavy atom. The summed E-state index contributed by atoms with van der Waals surface area (Å²) in [5.41, 5.74) is 2.79. The second-order valence-electron chi connectivity index (χ2n) is 8.16. The number of hydrogen-bond acceptors (Lipinski definition) is 4. The van der Waals surface area contributed by atoms with E-state index in [9.17, 15) is 0 Å². The van der Waals surface area contributed by atoms with Crippen molar-refractivity contribution in [1.82, 2.24) is 9.91 Å². The van der Waals surface area contributed by atoms with E-state index in [4.69, 9.17) is 33.0 Å². The Morgan fingerprint density at radius 2 is 1.93 bits per heavy atom. The summed E-state index contributed by atoms with van der Waals surface area (Å²) in [7, 11) is 0. The van der Waals surface area contributed by atoms with Gasteiger partial charge in [0.25, 0.3) is 0 Å². The standard InChI is InChI=1S/C23H25Cl2N3O/c1-2-11-27-12-9-23(10-13-27)28-21(18-5-3-4-6-22(18)29-23)15-20(26-28)17-8-7-16(24)14-19(17)25/h3-8,14,21H,2,9-13,15H2,1H3/t21-/m0/s1. The summed E-state index contributed by atoms with van der Waals surface area (Å²) in [6.07, 6.45) is 3.90. The molecule has 0 bridgehead atoms. The molecule has 5 rings (SSSR count). The largest absolute Gasteiger partial charge is 0.466 e. The van der Waals surface area contributed by atoms with Gasteiger partial charge in [-0.05, 0) is 31.2 Å². The first kappa shape index (κ1) is 19.2. The average Bonchev–Trinajstić information content (AvgIpc) is 3.16. The third-order valence-electron chi connectivity index (χ3n) is 6.33. The van der Waals surface area contributed by atoms with Gasteiger partial charge < -0.3 is 9.64 Å². The van der Waals surface area contributed by atoms with Gasteiger partial charge in [-0.2, -0.15) is 5.10 Å². The molecule has 3 heterocycles. The van der Waals surface area contributed by atoms with E-state index in [1.807, 2.05) is 12.1 Å². The monoisotopic (exact) mass is 429 g/mol. The molecule has 0 aromatic heterocycles. The highest BCUT2D eigenvalue weighted by Crippen LogP contribution is 2.50. The smallest absolute Gasteiger partial charge is 0.200 e. The maximum Gasteiger partial charge on any atom is 0.200 e. The minimum atomic E-state index is -0.385. The molecule has 2 aromatic carbocycles. The highest BCUT2D eigenvalue weighted by atomic mass is 35.5. The molecule has 3 aliphatic rings. The fourth-order valence-corrected chi connectivity index (χ4v) is 5.41. The van der Waals surface area contributed by atoms with Crippen molar-refractivity contribution in [2.75, 3.05) is 19.6 Å². The van der Waals surface area contributed by atoms with Crippen LogP contribution >= 0.6 is 23.2 Å². The van der Waals surface area contributed by atoms with Crippen LogP contribution in [0, 0.1) is 0 Å². The van der Waals surface area contributed by atoms with Gasteiger partial charge in [-0.1, -0.05) is 54.4 Å². The van der Waals surface area contributed by atoms with Crippen molar-refractivity contribution in [2.45, 2.75) is 44.4 Å². The molecule has 1 fully saturated rings. The molecule has 0 saturated carbocycles. The van der Waals surface area contributed by atoms with Crippen LogP contribution in [0.25, 0.3) is 0 Å². The topological polar surface area (TPSA) is 28.1 Å². The van der Waals surface area contributed by atoms with E-state index in [1.54, 1.807) is 6.07 Å². The summed E-state index contributed by atoms with van der Waals surface area (Å²) >= 11 is 12.6.